The van der Waals surface area contributed by atoms with E-state index < -0.39 is 0 Å². The van der Waals surface area contributed by atoms with Crippen LogP contribution in [0, 0.1) is 0 Å². The van der Waals surface area contributed by atoms with Gasteiger partial charge in [0.1, 0.15) is 5.69 Å². The van der Waals surface area contributed by atoms with E-state index in [0.717, 1.165) is 24.9 Å². The lowest BCUT2D eigenvalue weighted by molar-refractivity contribution is -0.491. The van der Waals surface area contributed by atoms with Crippen LogP contribution < -0.4 is 0 Å². The molecule has 0 atom stereocenters. The molecule has 0 aromatic heterocycles. The van der Waals surface area contributed by atoms with E-state index in [1.54, 1.807) is 0 Å². The fourth-order valence-electron chi connectivity index (χ4n) is 5.76. The van der Waals surface area contributed by atoms with Crippen LogP contribution in [0.4, 0.5) is 5.69 Å². The van der Waals surface area contributed by atoms with Gasteiger partial charge in [-0.25, -0.2) is 0 Å². The Morgan fingerprint density at radius 3 is 2.00 bits per heavy atom. The van der Waals surface area contributed by atoms with Crippen LogP contribution >= 0.6 is 0 Å². The standard InChI is InChI=1S/C39H55N2/c1-6-10-13-14-15-17-22-33-25-26-37(31-35(33)20-11-7-2)40-41(5)28-27-32-29-36(21-12-8-3)38(9-4)39(30-32)34-23-18-16-19-24-34/h16,18-19,23-31H,6-15,17,20-22H2,1-5H3/q+1. The lowest BCUT2D eigenvalue weighted by Crippen LogP contribution is -1.99. The lowest BCUT2D eigenvalue weighted by atomic mass is 9.89. The largest absolute Gasteiger partial charge is 0.196 e. The highest BCUT2D eigenvalue weighted by Gasteiger charge is 2.11. The van der Waals surface area contributed by atoms with Gasteiger partial charge in [0.05, 0.1) is 0 Å². The minimum atomic E-state index is 1.05. The minimum Gasteiger partial charge on any atom is -0.0934 e. The van der Waals surface area contributed by atoms with Crippen LogP contribution in [0.25, 0.3) is 17.2 Å². The molecular weight excluding hydrogens is 496 g/mol. The molecule has 3 rings (SSSR count). The van der Waals surface area contributed by atoms with E-state index in [9.17, 15) is 0 Å². The van der Waals surface area contributed by atoms with Crippen LogP contribution in [0.5, 0.6) is 0 Å². The summed E-state index contributed by atoms with van der Waals surface area (Å²) >= 11 is 0. The average molecular weight is 552 g/mol. The average Bonchev–Trinajstić information content (AvgIpc) is 3.00. The van der Waals surface area contributed by atoms with E-state index in [-0.39, 0.29) is 0 Å². The van der Waals surface area contributed by atoms with Gasteiger partial charge in [0, 0.05) is 6.08 Å². The highest BCUT2D eigenvalue weighted by Crippen LogP contribution is 2.30. The number of azo groups is 2. The first-order valence-electron chi connectivity index (χ1n) is 16.5. The molecule has 0 saturated heterocycles. The predicted molar refractivity (Wildman–Crippen MR) is 179 cm³/mol. The molecule has 0 aliphatic heterocycles. The molecule has 0 saturated carbocycles. The third-order valence-corrected chi connectivity index (χ3v) is 8.15. The van der Waals surface area contributed by atoms with Crippen molar-refractivity contribution in [2.24, 2.45) is 5.11 Å². The number of nitrogens with zero attached hydrogens (tertiary/aromatic N) is 2. The fraction of sp³-hybridized carbons (Fsp3) is 0.487. The van der Waals surface area contributed by atoms with Gasteiger partial charge >= 0.3 is 0 Å². The summed E-state index contributed by atoms with van der Waals surface area (Å²) in [5.74, 6) is 0. The van der Waals surface area contributed by atoms with Crippen LogP contribution in [-0.2, 0) is 25.7 Å². The van der Waals surface area contributed by atoms with Crippen LogP contribution in [0.2, 0.25) is 0 Å². The molecule has 2 nitrogen and oxygen atoms in total. The van der Waals surface area contributed by atoms with Crippen molar-refractivity contribution in [2.45, 2.75) is 118 Å². The number of hydrogen-bond donors (Lipinski definition) is 0. The summed E-state index contributed by atoms with van der Waals surface area (Å²) in [4.78, 5) is 0. The molecule has 0 heterocycles. The number of benzene rings is 3. The highest BCUT2D eigenvalue weighted by molar-refractivity contribution is 5.72. The second-order valence-corrected chi connectivity index (χ2v) is 11.6. The molecule has 41 heavy (non-hydrogen) atoms. The molecule has 220 valence electrons. The Morgan fingerprint density at radius 2 is 1.29 bits per heavy atom. The van der Waals surface area contributed by atoms with E-state index in [4.69, 9.17) is 5.11 Å². The van der Waals surface area contributed by atoms with Crippen LogP contribution in [0.15, 0.2) is 72.0 Å². The van der Waals surface area contributed by atoms with Gasteiger partial charge in [-0.15, -0.1) is 0 Å². The summed E-state index contributed by atoms with van der Waals surface area (Å²) in [5, 5.41) is 4.95. The van der Waals surface area contributed by atoms with E-state index >= 15 is 0 Å². The summed E-state index contributed by atoms with van der Waals surface area (Å²) in [6.45, 7) is 9.13. The Morgan fingerprint density at radius 1 is 0.634 bits per heavy atom. The van der Waals surface area contributed by atoms with Crippen molar-refractivity contribution < 1.29 is 4.70 Å². The molecule has 0 aliphatic carbocycles. The van der Waals surface area contributed by atoms with Crippen molar-refractivity contribution in [3.05, 3.63) is 94.7 Å². The Bertz CT molecular complexity index is 1240. The second-order valence-electron chi connectivity index (χ2n) is 11.6. The first-order valence-corrected chi connectivity index (χ1v) is 16.5. The normalized spacial score (nSPS) is 12.0. The zero-order valence-corrected chi connectivity index (χ0v) is 26.7. The van der Waals surface area contributed by atoms with Gasteiger partial charge < -0.3 is 0 Å². The van der Waals surface area contributed by atoms with Crippen molar-refractivity contribution in [3.8, 4) is 11.1 Å². The maximum Gasteiger partial charge on any atom is 0.196 e. The fourth-order valence-corrected chi connectivity index (χ4v) is 5.76. The molecule has 0 amide bonds. The van der Waals surface area contributed by atoms with E-state index in [1.807, 2.05) is 11.7 Å². The molecule has 0 aliphatic rings. The maximum absolute atomic E-state index is 4.95. The highest BCUT2D eigenvalue weighted by atomic mass is 15.2. The van der Waals surface area contributed by atoms with Crippen molar-refractivity contribution in [2.75, 3.05) is 7.05 Å². The third kappa shape index (κ3) is 10.7. The maximum atomic E-state index is 4.95. The summed E-state index contributed by atoms with van der Waals surface area (Å²) in [7, 11) is 2.04. The van der Waals surface area contributed by atoms with E-state index in [2.05, 4.69) is 101 Å². The monoisotopic (exact) mass is 551 g/mol. The Balaban J connectivity index is 1.81. The molecule has 0 fully saturated rings. The zero-order valence-electron chi connectivity index (χ0n) is 26.7. The number of hydrogen-bond acceptors (Lipinski definition) is 1. The Kier molecular flexibility index (Phi) is 14.6. The topological polar surface area (TPSA) is 15.4 Å². The molecule has 0 spiro atoms. The predicted octanol–water partition coefficient (Wildman–Crippen LogP) is 11.9. The Labute approximate surface area is 251 Å². The first kappa shape index (κ1) is 32.5. The zero-order chi connectivity index (χ0) is 29.3. The van der Waals surface area contributed by atoms with Gasteiger partial charge in [-0.2, -0.15) is 0 Å². The molecule has 0 radical (unpaired) electrons. The van der Waals surface area contributed by atoms with Crippen molar-refractivity contribution in [1.82, 2.24) is 0 Å². The van der Waals surface area contributed by atoms with Gasteiger partial charge in [0.2, 0.25) is 0 Å². The van der Waals surface area contributed by atoms with E-state index in [1.165, 1.54) is 110 Å². The van der Waals surface area contributed by atoms with Crippen LogP contribution in [0.1, 0.15) is 120 Å². The van der Waals surface area contributed by atoms with Crippen molar-refractivity contribution in [1.29, 1.82) is 0 Å². The van der Waals surface area contributed by atoms with Crippen molar-refractivity contribution >= 4 is 11.8 Å². The van der Waals surface area contributed by atoms with Gasteiger partial charge in [-0.3, -0.25) is 0 Å². The van der Waals surface area contributed by atoms with Gasteiger partial charge in [-0.05, 0) is 107 Å². The molecule has 2 heteroatoms. The van der Waals surface area contributed by atoms with Crippen molar-refractivity contribution in [3.63, 3.8) is 0 Å². The third-order valence-electron chi connectivity index (χ3n) is 8.15. The number of aryl methyl sites for hydroxylation is 3. The lowest BCUT2D eigenvalue weighted by Gasteiger charge is -2.15. The van der Waals surface area contributed by atoms with Crippen LogP contribution in [0.3, 0.4) is 0 Å². The molecular formula is C39H55N2+. The van der Waals surface area contributed by atoms with Gasteiger partial charge in [-0.1, -0.05) is 120 Å². The Hall–Kier alpha value is -3.00. The molecule has 3 aromatic rings. The molecule has 0 N–H and O–H groups in total. The minimum absolute atomic E-state index is 1.05. The quantitative estimate of drug-likeness (QED) is 0.0848. The molecule has 0 unspecified atom stereocenters. The SMILES string of the molecule is CCCCCCCCc1ccc(N=[N+](C)C=Cc2cc(CCCC)c(CC)c(-c3ccccc3)c2)cc1CCCC. The second kappa shape index (κ2) is 18.4. The van der Waals surface area contributed by atoms with Gasteiger partial charge in [0.15, 0.2) is 13.2 Å². The molecule has 3 aromatic carbocycles. The van der Waals surface area contributed by atoms with Gasteiger partial charge in [0.25, 0.3) is 0 Å². The summed E-state index contributed by atoms with van der Waals surface area (Å²) in [5.41, 5.74) is 10.9. The molecule has 0 bridgehead atoms. The smallest absolute Gasteiger partial charge is 0.0934 e. The number of unbranched alkanes of at least 4 members (excludes halogenated alkanes) is 7. The number of rotatable bonds is 18. The first-order chi connectivity index (χ1) is 20.1. The van der Waals surface area contributed by atoms with E-state index in [0.29, 0.717) is 0 Å². The summed E-state index contributed by atoms with van der Waals surface area (Å²) in [6, 6.07) is 22.5. The summed E-state index contributed by atoms with van der Waals surface area (Å²) in [6.07, 6.45) is 21.8. The van der Waals surface area contributed by atoms with Crippen LogP contribution in [-0.4, -0.2) is 11.7 Å². The summed E-state index contributed by atoms with van der Waals surface area (Å²) < 4.78 is 1.97.